The second-order valence-electron chi connectivity index (χ2n) is 6.46. The largest absolute Gasteiger partial charge is 0.377 e. The first-order valence-corrected chi connectivity index (χ1v) is 9.15. The first-order chi connectivity index (χ1) is 11.8. The highest BCUT2D eigenvalue weighted by molar-refractivity contribution is 5.80. The minimum Gasteiger partial charge on any atom is -0.377 e. The zero-order chi connectivity index (χ0) is 16.8. The summed E-state index contributed by atoms with van der Waals surface area (Å²) in [7, 11) is 0. The van der Waals surface area contributed by atoms with Gasteiger partial charge in [0.15, 0.2) is 5.96 Å². The molecule has 0 spiro atoms. The number of hydrogen-bond donors (Lipinski definition) is 2. The molecule has 2 N–H and O–H groups in total. The molecule has 5 nitrogen and oxygen atoms in total. The van der Waals surface area contributed by atoms with Crippen LogP contribution in [-0.2, 0) is 22.6 Å². The summed E-state index contributed by atoms with van der Waals surface area (Å²) in [4.78, 5) is 4.78. The number of benzene rings is 1. The van der Waals surface area contributed by atoms with E-state index in [1.165, 1.54) is 24.0 Å². The lowest BCUT2D eigenvalue weighted by Gasteiger charge is -2.22. The Kier molecular flexibility index (Phi) is 6.10. The van der Waals surface area contributed by atoms with Crippen molar-refractivity contribution in [2.75, 3.05) is 13.2 Å². The highest BCUT2D eigenvalue weighted by atomic mass is 16.5. The SMILES string of the molecule is CCNC(=NCc1ccccc1COCC)NC1CC2CCC1O2. The molecule has 0 amide bonds. The summed E-state index contributed by atoms with van der Waals surface area (Å²) < 4.78 is 11.5. The van der Waals surface area contributed by atoms with Gasteiger partial charge in [-0.3, -0.25) is 0 Å². The van der Waals surface area contributed by atoms with Gasteiger partial charge in [0.25, 0.3) is 0 Å². The number of ether oxygens (including phenoxy) is 2. The van der Waals surface area contributed by atoms with E-state index in [1.807, 2.05) is 6.92 Å². The monoisotopic (exact) mass is 331 g/mol. The topological polar surface area (TPSA) is 54.9 Å². The summed E-state index contributed by atoms with van der Waals surface area (Å²) in [6.45, 7) is 7.00. The van der Waals surface area contributed by atoms with Gasteiger partial charge >= 0.3 is 0 Å². The molecule has 2 aliphatic heterocycles. The number of aliphatic imine (C=N–C) groups is 1. The van der Waals surface area contributed by atoms with Crippen molar-refractivity contribution >= 4 is 5.96 Å². The number of guanidine groups is 1. The molecule has 2 bridgehead atoms. The van der Waals surface area contributed by atoms with Gasteiger partial charge in [-0.1, -0.05) is 24.3 Å². The molecule has 5 heteroatoms. The molecule has 2 saturated heterocycles. The molecule has 0 radical (unpaired) electrons. The van der Waals surface area contributed by atoms with Gasteiger partial charge in [-0.15, -0.1) is 0 Å². The van der Waals surface area contributed by atoms with Gasteiger partial charge in [0, 0.05) is 13.2 Å². The molecule has 24 heavy (non-hydrogen) atoms. The molecule has 2 aliphatic rings. The molecular weight excluding hydrogens is 302 g/mol. The van der Waals surface area contributed by atoms with Crippen LogP contribution in [0.4, 0.5) is 0 Å². The fraction of sp³-hybridized carbons (Fsp3) is 0.632. The van der Waals surface area contributed by atoms with Crippen LogP contribution in [0.1, 0.15) is 44.2 Å². The van der Waals surface area contributed by atoms with E-state index in [0.717, 1.165) is 25.5 Å². The molecule has 132 valence electrons. The number of nitrogens with one attached hydrogen (secondary N) is 2. The number of hydrogen-bond acceptors (Lipinski definition) is 3. The van der Waals surface area contributed by atoms with Crippen LogP contribution < -0.4 is 10.6 Å². The second-order valence-corrected chi connectivity index (χ2v) is 6.46. The molecule has 1 aromatic carbocycles. The standard InChI is InChI=1S/C19H29N3O2/c1-3-20-19(22-17-11-16-9-10-18(17)24-16)21-12-14-7-5-6-8-15(14)13-23-4-2/h5-8,16-18H,3-4,9-13H2,1-2H3,(H2,20,21,22). The lowest BCUT2D eigenvalue weighted by molar-refractivity contribution is 0.0992. The van der Waals surface area contributed by atoms with Crippen LogP contribution in [0.2, 0.25) is 0 Å². The normalized spacial score (nSPS) is 25.9. The first kappa shape index (κ1) is 17.2. The maximum absolute atomic E-state index is 5.93. The molecule has 2 fully saturated rings. The van der Waals surface area contributed by atoms with Gasteiger partial charge in [-0.05, 0) is 44.2 Å². The summed E-state index contributed by atoms with van der Waals surface area (Å²) in [6.07, 6.45) is 4.27. The van der Waals surface area contributed by atoms with Crippen molar-refractivity contribution < 1.29 is 9.47 Å². The number of rotatable bonds is 7. The third-order valence-electron chi connectivity index (χ3n) is 4.76. The quantitative estimate of drug-likeness (QED) is 0.596. The Morgan fingerprint density at radius 3 is 2.75 bits per heavy atom. The summed E-state index contributed by atoms with van der Waals surface area (Å²) in [6, 6.07) is 8.74. The highest BCUT2D eigenvalue weighted by Crippen LogP contribution is 2.34. The molecular formula is C19H29N3O2. The van der Waals surface area contributed by atoms with Crippen molar-refractivity contribution in [1.29, 1.82) is 0 Å². The van der Waals surface area contributed by atoms with E-state index in [4.69, 9.17) is 14.5 Å². The van der Waals surface area contributed by atoms with Crippen LogP contribution in [0.3, 0.4) is 0 Å². The van der Waals surface area contributed by atoms with Gasteiger partial charge in [0.1, 0.15) is 0 Å². The molecule has 2 heterocycles. The Balaban J connectivity index is 1.63. The molecule has 3 rings (SSSR count). The Bertz CT molecular complexity index is 561. The van der Waals surface area contributed by atoms with Crippen LogP contribution in [0, 0.1) is 0 Å². The minimum absolute atomic E-state index is 0.351. The van der Waals surface area contributed by atoms with Crippen LogP contribution in [0.5, 0.6) is 0 Å². The lowest BCUT2D eigenvalue weighted by atomic mass is 9.96. The molecule has 1 aromatic rings. The fourth-order valence-corrected chi connectivity index (χ4v) is 3.51. The van der Waals surface area contributed by atoms with Gasteiger partial charge in [0.2, 0.25) is 0 Å². The molecule has 3 unspecified atom stereocenters. The average molecular weight is 331 g/mol. The van der Waals surface area contributed by atoms with Crippen LogP contribution >= 0.6 is 0 Å². The van der Waals surface area contributed by atoms with Gasteiger partial charge in [-0.25, -0.2) is 4.99 Å². The van der Waals surface area contributed by atoms with Gasteiger partial charge in [-0.2, -0.15) is 0 Å². The van der Waals surface area contributed by atoms with E-state index < -0.39 is 0 Å². The summed E-state index contributed by atoms with van der Waals surface area (Å²) >= 11 is 0. The summed E-state index contributed by atoms with van der Waals surface area (Å²) in [5.74, 6) is 0.880. The Hall–Kier alpha value is -1.59. The van der Waals surface area contributed by atoms with Crippen molar-refractivity contribution in [3.63, 3.8) is 0 Å². The van der Waals surface area contributed by atoms with E-state index in [2.05, 4.69) is 41.8 Å². The molecule has 0 aromatic heterocycles. The third-order valence-corrected chi connectivity index (χ3v) is 4.76. The van der Waals surface area contributed by atoms with Gasteiger partial charge < -0.3 is 20.1 Å². The Morgan fingerprint density at radius 2 is 2.08 bits per heavy atom. The van der Waals surface area contributed by atoms with Gasteiger partial charge in [0.05, 0.1) is 31.4 Å². The number of fused-ring (bicyclic) bond motifs is 2. The summed E-state index contributed by atoms with van der Waals surface area (Å²) in [5.41, 5.74) is 2.43. The van der Waals surface area contributed by atoms with Crippen LogP contribution in [0.25, 0.3) is 0 Å². The highest BCUT2D eigenvalue weighted by Gasteiger charge is 2.41. The van der Waals surface area contributed by atoms with Crippen molar-refractivity contribution in [2.24, 2.45) is 4.99 Å². The Labute approximate surface area is 144 Å². The number of nitrogens with zero attached hydrogens (tertiary/aromatic N) is 1. The smallest absolute Gasteiger partial charge is 0.191 e. The first-order valence-electron chi connectivity index (χ1n) is 9.15. The van der Waals surface area contributed by atoms with E-state index in [-0.39, 0.29) is 0 Å². The van der Waals surface area contributed by atoms with E-state index >= 15 is 0 Å². The zero-order valence-corrected chi connectivity index (χ0v) is 14.8. The maximum Gasteiger partial charge on any atom is 0.191 e. The van der Waals surface area contributed by atoms with Crippen molar-refractivity contribution in [1.82, 2.24) is 10.6 Å². The lowest BCUT2D eigenvalue weighted by Crippen LogP contribution is -2.47. The average Bonchev–Trinajstić information content (AvgIpc) is 3.21. The molecule has 3 atom stereocenters. The summed E-state index contributed by atoms with van der Waals surface area (Å²) in [5, 5.41) is 6.92. The predicted octanol–water partition coefficient (Wildman–Crippen LogP) is 2.60. The van der Waals surface area contributed by atoms with E-state index in [1.54, 1.807) is 0 Å². The Morgan fingerprint density at radius 1 is 1.25 bits per heavy atom. The zero-order valence-electron chi connectivity index (χ0n) is 14.8. The van der Waals surface area contributed by atoms with Crippen molar-refractivity contribution in [3.05, 3.63) is 35.4 Å². The molecule has 0 saturated carbocycles. The second kappa shape index (κ2) is 8.49. The predicted molar refractivity (Wildman–Crippen MR) is 96.0 cm³/mol. The molecule has 0 aliphatic carbocycles. The maximum atomic E-state index is 5.93. The van der Waals surface area contributed by atoms with Crippen molar-refractivity contribution in [3.8, 4) is 0 Å². The van der Waals surface area contributed by atoms with Crippen molar-refractivity contribution in [2.45, 2.75) is 64.5 Å². The van der Waals surface area contributed by atoms with Crippen LogP contribution in [-0.4, -0.2) is 37.4 Å². The third kappa shape index (κ3) is 4.28. The van der Waals surface area contributed by atoms with Crippen LogP contribution in [0.15, 0.2) is 29.3 Å². The van der Waals surface area contributed by atoms with E-state index in [9.17, 15) is 0 Å². The van der Waals surface area contributed by atoms with E-state index in [0.29, 0.717) is 31.4 Å². The minimum atomic E-state index is 0.351. The fourth-order valence-electron chi connectivity index (χ4n) is 3.51.